The zero-order chi connectivity index (χ0) is 23.3. The molecule has 0 aliphatic heterocycles. The van der Waals surface area contributed by atoms with Gasteiger partial charge in [-0.2, -0.15) is 10.2 Å². The molecule has 0 heterocycles. The summed E-state index contributed by atoms with van der Waals surface area (Å²) in [5.41, 5.74) is 3.88. The summed E-state index contributed by atoms with van der Waals surface area (Å²) < 4.78 is 12.8. The number of hydrogen-bond acceptors (Lipinski definition) is 5. The standard InChI is InChI=1S/C20H26N4OS.2C2H6/c1-15(21-23(3)4)17-7-11-19(12-8-17)26(25)20-13-9-18(10-14-20)16(2)22-24(5)6;2*1-2/h7-14H,1-6H3;2*1-2H3/b21-15-,22-16-;;. The Morgan fingerprint density at radius 1 is 0.633 bits per heavy atom. The van der Waals surface area contributed by atoms with Crippen LogP contribution < -0.4 is 0 Å². The first kappa shape index (κ1) is 27.5. The Morgan fingerprint density at radius 2 is 0.900 bits per heavy atom. The summed E-state index contributed by atoms with van der Waals surface area (Å²) in [6, 6.07) is 15.4. The van der Waals surface area contributed by atoms with Gasteiger partial charge in [-0.3, -0.25) is 0 Å². The van der Waals surface area contributed by atoms with E-state index in [1.54, 1.807) is 10.0 Å². The molecule has 0 radical (unpaired) electrons. The van der Waals surface area contributed by atoms with Crippen molar-refractivity contribution < 1.29 is 4.21 Å². The molecule has 0 N–H and O–H groups in total. The van der Waals surface area contributed by atoms with Crippen LogP contribution in [0.2, 0.25) is 0 Å². The first-order valence-electron chi connectivity index (χ1n) is 10.4. The Kier molecular flexibility index (Phi) is 13.3. The lowest BCUT2D eigenvalue weighted by atomic mass is 10.1. The molecular formula is C24H38N4OS. The van der Waals surface area contributed by atoms with Crippen LogP contribution in [0.15, 0.2) is 68.5 Å². The fraction of sp³-hybridized carbons (Fsp3) is 0.417. The van der Waals surface area contributed by atoms with E-state index in [0.29, 0.717) is 0 Å². The smallest absolute Gasteiger partial charge is 0.0849 e. The third-order valence-corrected chi connectivity index (χ3v) is 5.07. The molecule has 2 aromatic rings. The summed E-state index contributed by atoms with van der Waals surface area (Å²) in [6.07, 6.45) is 0. The minimum Gasteiger partial charge on any atom is -0.303 e. The molecule has 0 fully saturated rings. The van der Waals surface area contributed by atoms with Gasteiger partial charge in [-0.1, -0.05) is 52.0 Å². The Labute approximate surface area is 186 Å². The minimum atomic E-state index is -1.21. The number of rotatable bonds is 6. The number of hydrogen-bond donors (Lipinski definition) is 0. The maximum Gasteiger partial charge on any atom is 0.0849 e. The van der Waals surface area contributed by atoms with Crippen LogP contribution in [-0.4, -0.2) is 53.8 Å². The van der Waals surface area contributed by atoms with Crippen molar-refractivity contribution in [2.45, 2.75) is 51.3 Å². The molecular weight excluding hydrogens is 392 g/mol. The van der Waals surface area contributed by atoms with Crippen molar-refractivity contribution in [2.24, 2.45) is 10.2 Å². The van der Waals surface area contributed by atoms with E-state index in [4.69, 9.17) is 0 Å². The quantitative estimate of drug-likeness (QED) is 0.450. The topological polar surface area (TPSA) is 48.3 Å². The maximum absolute atomic E-state index is 12.8. The summed E-state index contributed by atoms with van der Waals surface area (Å²) >= 11 is 0. The van der Waals surface area contributed by atoms with E-state index in [-0.39, 0.29) is 0 Å². The molecule has 0 atom stereocenters. The fourth-order valence-corrected chi connectivity index (χ4v) is 3.53. The molecule has 0 saturated heterocycles. The molecule has 0 aliphatic carbocycles. The van der Waals surface area contributed by atoms with Crippen LogP contribution in [0.4, 0.5) is 0 Å². The molecule has 2 aromatic carbocycles. The van der Waals surface area contributed by atoms with Gasteiger partial charge in [0.1, 0.15) is 0 Å². The molecule has 0 saturated carbocycles. The van der Waals surface area contributed by atoms with Crippen LogP contribution in [-0.2, 0) is 10.8 Å². The molecule has 0 spiro atoms. The van der Waals surface area contributed by atoms with Crippen molar-refractivity contribution >= 4 is 22.2 Å². The second kappa shape index (κ2) is 14.5. The van der Waals surface area contributed by atoms with Crippen molar-refractivity contribution in [3.05, 3.63) is 59.7 Å². The molecule has 0 amide bonds. The lowest BCUT2D eigenvalue weighted by Gasteiger charge is -2.09. The van der Waals surface area contributed by atoms with Gasteiger partial charge >= 0.3 is 0 Å². The third kappa shape index (κ3) is 8.91. The van der Waals surface area contributed by atoms with Crippen molar-refractivity contribution in [2.75, 3.05) is 28.2 Å². The van der Waals surface area contributed by atoms with E-state index in [1.807, 2.05) is 118 Å². The van der Waals surface area contributed by atoms with Crippen LogP contribution in [0, 0.1) is 0 Å². The monoisotopic (exact) mass is 430 g/mol. The predicted octanol–water partition coefficient (Wildman–Crippen LogP) is 5.48. The summed E-state index contributed by atoms with van der Waals surface area (Å²) in [6.45, 7) is 11.9. The second-order valence-corrected chi connectivity index (χ2v) is 7.86. The van der Waals surface area contributed by atoms with Gasteiger partial charge < -0.3 is 10.0 Å². The lowest BCUT2D eigenvalue weighted by Crippen LogP contribution is -2.07. The average molecular weight is 431 g/mol. The Morgan fingerprint density at radius 3 is 1.13 bits per heavy atom. The van der Waals surface area contributed by atoms with Gasteiger partial charge in [-0.05, 0) is 49.2 Å². The first-order valence-corrected chi connectivity index (χ1v) is 11.5. The molecule has 30 heavy (non-hydrogen) atoms. The van der Waals surface area contributed by atoms with E-state index < -0.39 is 10.8 Å². The highest BCUT2D eigenvalue weighted by molar-refractivity contribution is 7.85. The van der Waals surface area contributed by atoms with Crippen LogP contribution in [0.25, 0.3) is 0 Å². The SMILES string of the molecule is C/C(=N/N(C)C)c1ccc(S(=O)c2ccc(/C(C)=N\N(C)C)cc2)cc1.CC.CC. The highest BCUT2D eigenvalue weighted by atomic mass is 32.2. The number of hydrazone groups is 2. The molecule has 166 valence electrons. The molecule has 0 unspecified atom stereocenters. The van der Waals surface area contributed by atoms with Gasteiger partial charge in [0, 0.05) is 38.0 Å². The Balaban J connectivity index is 0.00000198. The Bertz CT molecular complexity index is 754. The van der Waals surface area contributed by atoms with Gasteiger partial charge in [0.2, 0.25) is 0 Å². The zero-order valence-electron chi connectivity index (χ0n) is 20.2. The van der Waals surface area contributed by atoms with Crippen LogP contribution >= 0.6 is 0 Å². The highest BCUT2D eigenvalue weighted by Crippen LogP contribution is 2.18. The molecule has 6 heteroatoms. The van der Waals surface area contributed by atoms with Gasteiger partial charge in [0.05, 0.1) is 22.2 Å². The van der Waals surface area contributed by atoms with E-state index in [2.05, 4.69) is 10.2 Å². The molecule has 0 bridgehead atoms. The van der Waals surface area contributed by atoms with Gasteiger partial charge in [-0.25, -0.2) is 4.21 Å². The zero-order valence-corrected chi connectivity index (χ0v) is 21.0. The van der Waals surface area contributed by atoms with Crippen LogP contribution in [0.3, 0.4) is 0 Å². The van der Waals surface area contributed by atoms with Crippen LogP contribution in [0.1, 0.15) is 52.7 Å². The fourth-order valence-electron chi connectivity index (χ4n) is 2.49. The number of nitrogens with zero attached hydrogens (tertiary/aromatic N) is 4. The van der Waals surface area contributed by atoms with E-state index in [1.165, 1.54) is 0 Å². The largest absolute Gasteiger partial charge is 0.303 e. The summed E-state index contributed by atoms with van der Waals surface area (Å²) in [4.78, 5) is 1.55. The Hall–Kier alpha value is -2.47. The summed E-state index contributed by atoms with van der Waals surface area (Å²) in [5, 5.41) is 12.3. The highest BCUT2D eigenvalue weighted by Gasteiger charge is 2.09. The van der Waals surface area contributed by atoms with Gasteiger partial charge in [0.25, 0.3) is 0 Å². The first-order chi connectivity index (χ1) is 14.3. The molecule has 0 aromatic heterocycles. The average Bonchev–Trinajstić information content (AvgIpc) is 2.75. The normalized spacial score (nSPS) is 12.1. The molecule has 5 nitrogen and oxygen atoms in total. The maximum atomic E-state index is 12.8. The van der Waals surface area contributed by atoms with E-state index >= 15 is 0 Å². The van der Waals surface area contributed by atoms with Crippen LogP contribution in [0.5, 0.6) is 0 Å². The lowest BCUT2D eigenvalue weighted by molar-refractivity contribution is 0.437. The summed E-state index contributed by atoms with van der Waals surface area (Å²) in [7, 11) is 6.35. The minimum absolute atomic E-state index is 0.776. The van der Waals surface area contributed by atoms with Gasteiger partial charge in [0.15, 0.2) is 0 Å². The summed E-state index contributed by atoms with van der Waals surface area (Å²) in [5.74, 6) is 0. The molecule has 0 aliphatic rings. The third-order valence-electron chi connectivity index (χ3n) is 3.67. The van der Waals surface area contributed by atoms with Gasteiger partial charge in [-0.15, -0.1) is 0 Å². The van der Waals surface area contributed by atoms with E-state index in [9.17, 15) is 4.21 Å². The predicted molar refractivity (Wildman–Crippen MR) is 132 cm³/mol. The van der Waals surface area contributed by atoms with Crippen molar-refractivity contribution in [1.29, 1.82) is 0 Å². The van der Waals surface area contributed by atoms with Crippen molar-refractivity contribution in [3.63, 3.8) is 0 Å². The van der Waals surface area contributed by atoms with Crippen molar-refractivity contribution in [3.8, 4) is 0 Å². The molecule has 2 rings (SSSR count). The second-order valence-electron chi connectivity index (χ2n) is 6.38. The van der Waals surface area contributed by atoms with Crippen molar-refractivity contribution in [1.82, 2.24) is 10.0 Å². The number of benzene rings is 2. The van der Waals surface area contributed by atoms with E-state index in [0.717, 1.165) is 32.3 Å².